The first-order valence-electron chi connectivity index (χ1n) is 7.24. The number of nitrogens with one attached hydrogen (secondary N) is 3. The molecule has 0 aliphatic heterocycles. The lowest BCUT2D eigenvalue weighted by atomic mass is 10.1. The van der Waals surface area contributed by atoms with E-state index in [1.54, 1.807) is 18.3 Å². The van der Waals surface area contributed by atoms with Crippen LogP contribution < -0.4 is 10.0 Å². The molecular formula is C16H18N4O2S. The molecule has 0 atom stereocenters. The molecule has 0 unspecified atom stereocenters. The molecule has 23 heavy (non-hydrogen) atoms. The second-order valence-electron chi connectivity index (χ2n) is 5.34. The molecule has 3 N–H and O–H groups in total. The quantitative estimate of drug-likeness (QED) is 0.648. The molecule has 0 fully saturated rings. The van der Waals surface area contributed by atoms with Gasteiger partial charge in [0.1, 0.15) is 5.82 Å². The Hall–Kier alpha value is -2.54. The smallest absolute Gasteiger partial charge is 0.230 e. The second kappa shape index (κ2) is 6.29. The Morgan fingerprint density at radius 1 is 1.17 bits per heavy atom. The van der Waals surface area contributed by atoms with E-state index in [0.29, 0.717) is 5.82 Å². The van der Waals surface area contributed by atoms with E-state index in [9.17, 15) is 8.42 Å². The molecule has 0 aliphatic carbocycles. The minimum atomic E-state index is -3.29. The van der Waals surface area contributed by atoms with Gasteiger partial charge in [-0.2, -0.15) is 0 Å². The van der Waals surface area contributed by atoms with Crippen molar-refractivity contribution in [2.75, 3.05) is 22.8 Å². The number of nitrogens with zero attached hydrogens (tertiary/aromatic N) is 1. The van der Waals surface area contributed by atoms with Crippen molar-refractivity contribution in [1.29, 1.82) is 0 Å². The summed E-state index contributed by atoms with van der Waals surface area (Å²) in [7, 11) is -3.29. The number of hydrogen-bond acceptors (Lipinski definition) is 4. The highest BCUT2D eigenvalue weighted by atomic mass is 32.2. The van der Waals surface area contributed by atoms with Gasteiger partial charge >= 0.3 is 0 Å². The molecule has 0 bridgehead atoms. The van der Waals surface area contributed by atoms with Crippen molar-refractivity contribution in [2.24, 2.45) is 0 Å². The summed E-state index contributed by atoms with van der Waals surface area (Å²) < 4.78 is 24.6. The Kier molecular flexibility index (Phi) is 4.20. The summed E-state index contributed by atoms with van der Waals surface area (Å²) in [5.74, 6) is 0.315. The van der Waals surface area contributed by atoms with Crippen LogP contribution >= 0.6 is 0 Å². The molecule has 0 saturated carbocycles. The maximum absolute atomic E-state index is 11.1. The van der Waals surface area contributed by atoms with Crippen LogP contribution in [0.3, 0.4) is 0 Å². The number of aromatic nitrogens is 2. The zero-order valence-electron chi connectivity index (χ0n) is 12.7. The number of rotatable bonds is 6. The number of H-pyrrole nitrogens is 1. The monoisotopic (exact) mass is 330 g/mol. The van der Waals surface area contributed by atoms with E-state index in [-0.39, 0.29) is 0 Å². The fourth-order valence-electron chi connectivity index (χ4n) is 2.43. The van der Waals surface area contributed by atoms with E-state index in [4.69, 9.17) is 0 Å². The number of benzene rings is 1. The molecule has 6 nitrogen and oxygen atoms in total. The first kappa shape index (κ1) is 15.4. The standard InChI is InChI=1S/C16H18N4O2S/c1-23(21,22)20-16-7-6-13(11-19-16)17-9-8-12-10-18-15-5-3-2-4-14(12)15/h2-7,10-11,17-18H,8-9H2,1H3,(H,19,20). The van der Waals surface area contributed by atoms with Crippen LogP contribution in [0.25, 0.3) is 10.9 Å². The first-order chi connectivity index (χ1) is 11.0. The van der Waals surface area contributed by atoms with Gasteiger partial charge in [0.2, 0.25) is 10.0 Å². The molecule has 0 amide bonds. The van der Waals surface area contributed by atoms with E-state index in [0.717, 1.165) is 30.4 Å². The maximum Gasteiger partial charge on any atom is 0.230 e. The Balaban J connectivity index is 1.58. The van der Waals surface area contributed by atoms with Crippen LogP contribution in [-0.4, -0.2) is 31.2 Å². The molecule has 2 heterocycles. The van der Waals surface area contributed by atoms with Crippen LogP contribution in [0.1, 0.15) is 5.56 Å². The number of para-hydroxylation sites is 1. The average molecular weight is 330 g/mol. The molecule has 0 spiro atoms. The van der Waals surface area contributed by atoms with Crippen LogP contribution in [0.5, 0.6) is 0 Å². The van der Waals surface area contributed by atoms with Gasteiger partial charge in [-0.1, -0.05) is 18.2 Å². The molecule has 0 aliphatic rings. The predicted molar refractivity (Wildman–Crippen MR) is 93.2 cm³/mol. The molecule has 3 aromatic rings. The number of pyridine rings is 1. The van der Waals surface area contributed by atoms with Crippen LogP contribution in [0, 0.1) is 0 Å². The highest BCUT2D eigenvalue weighted by Crippen LogP contribution is 2.18. The van der Waals surface area contributed by atoms with Gasteiger partial charge in [-0.25, -0.2) is 13.4 Å². The Morgan fingerprint density at radius 2 is 2.00 bits per heavy atom. The Morgan fingerprint density at radius 3 is 2.74 bits per heavy atom. The van der Waals surface area contributed by atoms with Gasteiger partial charge in [0, 0.05) is 23.6 Å². The lowest BCUT2D eigenvalue weighted by Gasteiger charge is -2.07. The number of hydrogen-bond donors (Lipinski definition) is 3. The van der Waals surface area contributed by atoms with Crippen molar-refractivity contribution in [3.8, 4) is 0 Å². The maximum atomic E-state index is 11.1. The van der Waals surface area contributed by atoms with Crippen molar-refractivity contribution in [1.82, 2.24) is 9.97 Å². The molecule has 1 aromatic carbocycles. The summed E-state index contributed by atoms with van der Waals surface area (Å²) in [6, 6.07) is 11.6. The van der Waals surface area contributed by atoms with Gasteiger partial charge < -0.3 is 10.3 Å². The molecule has 0 saturated heterocycles. The van der Waals surface area contributed by atoms with Gasteiger partial charge in [0.05, 0.1) is 18.1 Å². The molecule has 3 rings (SSSR count). The lowest BCUT2D eigenvalue weighted by Crippen LogP contribution is -2.11. The number of sulfonamides is 1. The fraction of sp³-hybridized carbons (Fsp3) is 0.188. The molecular weight excluding hydrogens is 312 g/mol. The molecule has 120 valence electrons. The number of anilines is 2. The average Bonchev–Trinajstić information content (AvgIpc) is 2.91. The summed E-state index contributed by atoms with van der Waals surface area (Å²) >= 11 is 0. The van der Waals surface area contributed by atoms with E-state index in [1.807, 2.05) is 18.3 Å². The van der Waals surface area contributed by atoms with E-state index in [2.05, 4.69) is 32.1 Å². The van der Waals surface area contributed by atoms with Crippen molar-refractivity contribution < 1.29 is 8.42 Å². The Bertz CT molecular complexity index is 901. The van der Waals surface area contributed by atoms with Gasteiger partial charge in [0.15, 0.2) is 0 Å². The third-order valence-corrected chi connectivity index (χ3v) is 4.03. The summed E-state index contributed by atoms with van der Waals surface area (Å²) in [4.78, 5) is 7.33. The van der Waals surface area contributed by atoms with E-state index >= 15 is 0 Å². The van der Waals surface area contributed by atoms with Gasteiger partial charge in [-0.05, 0) is 30.2 Å². The molecule has 7 heteroatoms. The Labute approximate surface area is 135 Å². The van der Waals surface area contributed by atoms with Gasteiger partial charge in [-0.3, -0.25) is 4.72 Å². The highest BCUT2D eigenvalue weighted by Gasteiger charge is 2.04. The number of aromatic amines is 1. The highest BCUT2D eigenvalue weighted by molar-refractivity contribution is 7.92. The fourth-order valence-corrected chi connectivity index (χ4v) is 2.93. The second-order valence-corrected chi connectivity index (χ2v) is 7.09. The van der Waals surface area contributed by atoms with Crippen molar-refractivity contribution in [3.63, 3.8) is 0 Å². The van der Waals surface area contributed by atoms with Crippen molar-refractivity contribution in [2.45, 2.75) is 6.42 Å². The normalized spacial score (nSPS) is 11.5. The van der Waals surface area contributed by atoms with E-state index < -0.39 is 10.0 Å². The summed E-state index contributed by atoms with van der Waals surface area (Å²) in [5.41, 5.74) is 3.25. The van der Waals surface area contributed by atoms with Gasteiger partial charge in [-0.15, -0.1) is 0 Å². The van der Waals surface area contributed by atoms with Crippen molar-refractivity contribution >= 4 is 32.4 Å². The third kappa shape index (κ3) is 4.01. The first-order valence-corrected chi connectivity index (χ1v) is 9.13. The lowest BCUT2D eigenvalue weighted by molar-refractivity contribution is 0.606. The zero-order valence-corrected chi connectivity index (χ0v) is 13.5. The van der Waals surface area contributed by atoms with Crippen LogP contribution in [-0.2, 0) is 16.4 Å². The zero-order chi connectivity index (χ0) is 16.3. The predicted octanol–water partition coefficient (Wildman–Crippen LogP) is 2.59. The van der Waals surface area contributed by atoms with Crippen LogP contribution in [0.4, 0.5) is 11.5 Å². The van der Waals surface area contributed by atoms with Crippen LogP contribution in [0.2, 0.25) is 0 Å². The van der Waals surface area contributed by atoms with Gasteiger partial charge in [0.25, 0.3) is 0 Å². The third-order valence-electron chi connectivity index (χ3n) is 3.45. The topological polar surface area (TPSA) is 86.9 Å². The summed E-state index contributed by atoms with van der Waals surface area (Å²) in [5, 5.41) is 4.52. The number of fused-ring (bicyclic) bond motifs is 1. The van der Waals surface area contributed by atoms with Crippen LogP contribution in [0.15, 0.2) is 48.8 Å². The van der Waals surface area contributed by atoms with E-state index in [1.165, 1.54) is 10.9 Å². The summed E-state index contributed by atoms with van der Waals surface area (Å²) in [6.45, 7) is 0.766. The molecule has 0 radical (unpaired) electrons. The molecule has 2 aromatic heterocycles. The minimum Gasteiger partial charge on any atom is -0.383 e. The van der Waals surface area contributed by atoms with Crippen molar-refractivity contribution in [3.05, 3.63) is 54.4 Å². The minimum absolute atomic E-state index is 0.315. The largest absolute Gasteiger partial charge is 0.383 e. The SMILES string of the molecule is CS(=O)(=O)Nc1ccc(NCCc2c[nH]c3ccccc23)cn1. The summed E-state index contributed by atoms with van der Waals surface area (Å²) in [6.07, 6.45) is 5.63.